The molecule has 0 aliphatic heterocycles. The fraction of sp³-hybridized carbons (Fsp3) is 0.667. The molecule has 7 rings (SSSR count). The maximum atomic E-state index is 12.7. The molecule has 5 aliphatic rings. The smallest absolute Gasteiger partial charge is 0.251 e. The zero-order valence-electron chi connectivity index (χ0n) is 15.5. The van der Waals surface area contributed by atoms with Crippen molar-refractivity contribution in [3.63, 3.8) is 0 Å². The van der Waals surface area contributed by atoms with Crippen molar-refractivity contribution in [3.05, 3.63) is 23.8 Å². The summed E-state index contributed by atoms with van der Waals surface area (Å²) in [5.41, 5.74) is 2.19. The van der Waals surface area contributed by atoms with Crippen LogP contribution in [-0.2, 0) is 0 Å². The zero-order chi connectivity index (χ0) is 18.0. The van der Waals surface area contributed by atoms with Crippen LogP contribution in [0.25, 0.3) is 11.0 Å². The number of hydrogen-bond donors (Lipinski definition) is 3. The molecule has 1 aromatic heterocycles. The largest absolute Gasteiger partial charge is 0.348 e. The summed E-state index contributed by atoms with van der Waals surface area (Å²) >= 11 is 0. The van der Waals surface area contributed by atoms with Gasteiger partial charge in [-0.3, -0.25) is 4.79 Å². The second-order valence-electron chi connectivity index (χ2n) is 9.41. The minimum atomic E-state index is 0.00137. The van der Waals surface area contributed by atoms with Gasteiger partial charge in [0.1, 0.15) is 11.0 Å². The van der Waals surface area contributed by atoms with E-state index >= 15 is 0 Å². The number of fused-ring (bicyclic) bond motifs is 1. The lowest BCUT2D eigenvalue weighted by Gasteiger charge is -2.56. The number of carbonyl (C=O) groups excluding carboxylic acids is 1. The predicted octanol–water partition coefficient (Wildman–Crippen LogP) is 2.63. The normalized spacial score (nSPS) is 39.5. The van der Waals surface area contributed by atoms with Crippen LogP contribution in [0.4, 0.5) is 0 Å². The third-order valence-electron chi connectivity index (χ3n) is 7.80. The summed E-state index contributed by atoms with van der Waals surface area (Å²) < 4.78 is 0. The number of nitrogens with zero attached hydrogens (tertiary/aromatic N) is 2. The van der Waals surface area contributed by atoms with Gasteiger partial charge in [-0.2, -0.15) is 15.4 Å². The first-order valence-electron chi connectivity index (χ1n) is 10.6. The Balaban J connectivity index is 1.11. The third kappa shape index (κ3) is 2.68. The highest BCUT2D eigenvalue weighted by Crippen LogP contribution is 2.54. The van der Waals surface area contributed by atoms with Gasteiger partial charge in [0, 0.05) is 23.7 Å². The topological polar surface area (TPSA) is 82.7 Å². The van der Waals surface area contributed by atoms with Gasteiger partial charge in [-0.25, -0.2) is 0 Å². The van der Waals surface area contributed by atoms with Gasteiger partial charge in [-0.15, -0.1) is 0 Å². The molecule has 5 aliphatic carbocycles. The first-order chi connectivity index (χ1) is 13.2. The van der Waals surface area contributed by atoms with Crippen molar-refractivity contribution in [1.29, 1.82) is 0 Å². The summed E-state index contributed by atoms with van der Waals surface area (Å²) in [6.45, 7) is 0. The molecule has 6 heteroatoms. The van der Waals surface area contributed by atoms with Gasteiger partial charge >= 0.3 is 0 Å². The molecule has 0 unspecified atom stereocenters. The van der Waals surface area contributed by atoms with Gasteiger partial charge < -0.3 is 10.6 Å². The van der Waals surface area contributed by atoms with Gasteiger partial charge in [0.15, 0.2) is 0 Å². The van der Waals surface area contributed by atoms with E-state index in [-0.39, 0.29) is 11.9 Å². The number of aromatic nitrogens is 3. The van der Waals surface area contributed by atoms with E-state index in [1.165, 1.54) is 38.5 Å². The van der Waals surface area contributed by atoms with Crippen LogP contribution >= 0.6 is 0 Å². The monoisotopic (exact) mass is 365 g/mol. The fourth-order valence-corrected chi connectivity index (χ4v) is 6.55. The Morgan fingerprint density at radius 2 is 1.63 bits per heavy atom. The van der Waals surface area contributed by atoms with E-state index in [1.807, 2.05) is 18.2 Å². The molecule has 1 aromatic carbocycles. The second-order valence-corrected chi connectivity index (χ2v) is 9.41. The summed E-state index contributed by atoms with van der Waals surface area (Å²) in [6, 6.07) is 6.87. The van der Waals surface area contributed by atoms with E-state index in [0.29, 0.717) is 17.6 Å². The van der Waals surface area contributed by atoms with Crippen molar-refractivity contribution >= 4 is 16.9 Å². The number of amides is 1. The van der Waals surface area contributed by atoms with Gasteiger partial charge in [0.25, 0.3) is 5.91 Å². The standard InChI is InChI=1S/C21H27N5O/c27-21(13-1-2-18-19(10-13)25-26-24-18)23-17-4-3-16(17)22-20-14-6-11-5-12(8-14)9-15(20)7-11/h1-2,10-12,14-17,20,22H,3-9H2,(H,23,27)(H,24,25,26)/t11?,12?,14?,15?,16-,17+,20?/m1/s1. The average molecular weight is 365 g/mol. The van der Waals surface area contributed by atoms with E-state index in [9.17, 15) is 4.79 Å². The first-order valence-corrected chi connectivity index (χ1v) is 10.6. The Labute approximate surface area is 158 Å². The summed E-state index contributed by atoms with van der Waals surface area (Å²) in [6.07, 6.45) is 9.49. The minimum absolute atomic E-state index is 0.00137. The molecule has 142 valence electrons. The Kier molecular flexibility index (Phi) is 3.58. The number of carbonyl (C=O) groups is 1. The number of rotatable bonds is 4. The SMILES string of the molecule is O=C(N[C@H]1CC[C@H]1NC1C2CC3CC(C2)CC1C3)c1ccc2n[nH]nc2c1. The van der Waals surface area contributed by atoms with Crippen molar-refractivity contribution < 1.29 is 4.79 Å². The third-order valence-corrected chi connectivity index (χ3v) is 7.80. The lowest BCUT2D eigenvalue weighted by Crippen LogP contribution is -2.64. The first kappa shape index (κ1) is 16.0. The zero-order valence-corrected chi connectivity index (χ0v) is 15.5. The molecule has 1 heterocycles. The fourth-order valence-electron chi connectivity index (χ4n) is 6.55. The van der Waals surface area contributed by atoms with Crippen LogP contribution in [-0.4, -0.2) is 39.4 Å². The van der Waals surface area contributed by atoms with E-state index in [2.05, 4.69) is 26.0 Å². The Morgan fingerprint density at radius 3 is 2.33 bits per heavy atom. The summed E-state index contributed by atoms with van der Waals surface area (Å²) in [7, 11) is 0. The van der Waals surface area contributed by atoms with Crippen molar-refractivity contribution in [3.8, 4) is 0 Å². The molecular formula is C21H27N5O. The average Bonchev–Trinajstić information content (AvgIpc) is 3.11. The molecule has 0 spiro atoms. The van der Waals surface area contributed by atoms with Crippen LogP contribution in [0, 0.1) is 23.7 Å². The molecule has 6 nitrogen and oxygen atoms in total. The molecule has 0 saturated heterocycles. The minimum Gasteiger partial charge on any atom is -0.348 e. The van der Waals surface area contributed by atoms with Crippen molar-refractivity contribution in [2.75, 3.05) is 0 Å². The van der Waals surface area contributed by atoms with Gasteiger partial charge in [-0.05, 0) is 86.8 Å². The quantitative estimate of drug-likeness (QED) is 0.778. The molecule has 4 bridgehead atoms. The van der Waals surface area contributed by atoms with Crippen molar-refractivity contribution in [1.82, 2.24) is 26.0 Å². The molecule has 27 heavy (non-hydrogen) atoms. The number of hydrogen-bond acceptors (Lipinski definition) is 4. The lowest BCUT2D eigenvalue weighted by molar-refractivity contribution is -0.0236. The molecule has 0 radical (unpaired) electrons. The van der Waals surface area contributed by atoms with E-state index in [4.69, 9.17) is 0 Å². The molecule has 2 atom stereocenters. The molecule has 1 amide bonds. The highest BCUT2D eigenvalue weighted by Gasteiger charge is 2.49. The molecule has 5 fully saturated rings. The molecule has 2 aromatic rings. The number of benzene rings is 1. The summed E-state index contributed by atoms with van der Waals surface area (Å²) in [5.74, 6) is 3.78. The van der Waals surface area contributed by atoms with Crippen LogP contribution in [0.1, 0.15) is 55.3 Å². The van der Waals surface area contributed by atoms with Crippen LogP contribution in [0.15, 0.2) is 18.2 Å². The molecule has 3 N–H and O–H groups in total. The van der Waals surface area contributed by atoms with Gasteiger partial charge in [0.2, 0.25) is 0 Å². The molecular weight excluding hydrogens is 338 g/mol. The number of aromatic amines is 1. The van der Waals surface area contributed by atoms with Gasteiger partial charge in [-0.1, -0.05) is 0 Å². The predicted molar refractivity (Wildman–Crippen MR) is 102 cm³/mol. The maximum absolute atomic E-state index is 12.7. The van der Waals surface area contributed by atoms with Crippen molar-refractivity contribution in [2.45, 2.75) is 63.1 Å². The highest BCUT2D eigenvalue weighted by atomic mass is 16.1. The van der Waals surface area contributed by atoms with Crippen LogP contribution < -0.4 is 10.6 Å². The Morgan fingerprint density at radius 1 is 0.926 bits per heavy atom. The van der Waals surface area contributed by atoms with E-state index in [0.717, 1.165) is 41.1 Å². The maximum Gasteiger partial charge on any atom is 0.251 e. The van der Waals surface area contributed by atoms with Crippen LogP contribution in [0.3, 0.4) is 0 Å². The van der Waals surface area contributed by atoms with Crippen LogP contribution in [0.5, 0.6) is 0 Å². The van der Waals surface area contributed by atoms with E-state index < -0.39 is 0 Å². The highest BCUT2D eigenvalue weighted by molar-refractivity contribution is 5.97. The summed E-state index contributed by atoms with van der Waals surface area (Å²) in [5, 5.41) is 18.0. The van der Waals surface area contributed by atoms with Crippen LogP contribution in [0.2, 0.25) is 0 Å². The Hall–Kier alpha value is -1.95. The van der Waals surface area contributed by atoms with E-state index in [1.54, 1.807) is 0 Å². The van der Waals surface area contributed by atoms with Crippen molar-refractivity contribution in [2.24, 2.45) is 23.7 Å². The lowest BCUT2D eigenvalue weighted by atomic mass is 9.54. The second kappa shape index (κ2) is 6.03. The number of nitrogens with one attached hydrogen (secondary N) is 3. The van der Waals surface area contributed by atoms with Gasteiger partial charge in [0.05, 0.1) is 0 Å². The summed E-state index contributed by atoms with van der Waals surface area (Å²) in [4.78, 5) is 12.7. The molecule has 5 saturated carbocycles. The Bertz CT molecular complexity index is 848. The number of H-pyrrole nitrogens is 1.